The van der Waals surface area contributed by atoms with Crippen LogP contribution >= 0.6 is 0 Å². The van der Waals surface area contributed by atoms with Gasteiger partial charge in [0.25, 0.3) is 0 Å². The van der Waals surface area contributed by atoms with Gasteiger partial charge in [-0.15, -0.1) is 13.2 Å². The van der Waals surface area contributed by atoms with E-state index in [1.54, 1.807) is 6.20 Å². The normalized spacial score (nSPS) is 11.7. The highest BCUT2D eigenvalue weighted by Crippen LogP contribution is 2.29. The van der Waals surface area contributed by atoms with Crippen LogP contribution in [0, 0.1) is 11.6 Å². The first-order chi connectivity index (χ1) is 16.6. The minimum absolute atomic E-state index is 0.0722. The maximum Gasteiger partial charge on any atom is 0.573 e. The van der Waals surface area contributed by atoms with Crippen LogP contribution in [-0.2, 0) is 11.3 Å². The largest absolute Gasteiger partial charge is 0.573 e. The van der Waals surface area contributed by atoms with E-state index in [4.69, 9.17) is 4.74 Å². The van der Waals surface area contributed by atoms with E-state index in [1.807, 2.05) is 0 Å². The number of anilines is 1. The van der Waals surface area contributed by atoms with Crippen molar-refractivity contribution in [1.82, 2.24) is 15.5 Å². The van der Waals surface area contributed by atoms with Gasteiger partial charge in [0, 0.05) is 30.8 Å². The lowest BCUT2D eigenvalue weighted by atomic mass is 10.1. The minimum atomic E-state index is -5.18. The summed E-state index contributed by atoms with van der Waals surface area (Å²) in [4.78, 5) is 11.2. The number of fused-ring (bicyclic) bond motifs is 1. The first-order valence-electron chi connectivity index (χ1n) is 10.6. The maximum atomic E-state index is 13.7. The average molecular weight is 502 g/mol. The Kier molecular flexibility index (Phi) is 8.82. The Labute approximate surface area is 196 Å². The van der Waals surface area contributed by atoms with Crippen molar-refractivity contribution in [3.63, 3.8) is 0 Å². The van der Waals surface area contributed by atoms with Crippen LogP contribution in [0.5, 0.6) is 5.75 Å². The SMILES string of the molecule is O=C(O)c1cc(NCCOCCCCNCc2cc(F)c(OC(F)(F)F)c(F)c2)c2cn[nH]c2c1. The zero-order valence-corrected chi connectivity index (χ0v) is 18.3. The highest BCUT2D eigenvalue weighted by atomic mass is 19.4. The van der Waals surface area contributed by atoms with Gasteiger partial charge in [0.05, 0.1) is 23.9 Å². The summed E-state index contributed by atoms with van der Waals surface area (Å²) >= 11 is 0. The molecule has 190 valence electrons. The second kappa shape index (κ2) is 11.8. The number of carbonyl (C=O) groups is 1. The lowest BCUT2D eigenvalue weighted by molar-refractivity contribution is -0.276. The number of unbranched alkanes of at least 4 members (excludes halogenated alkanes) is 1. The smallest absolute Gasteiger partial charge is 0.478 e. The molecule has 0 spiro atoms. The molecule has 13 heteroatoms. The second-order valence-corrected chi connectivity index (χ2v) is 7.52. The van der Waals surface area contributed by atoms with Gasteiger partial charge in [-0.25, -0.2) is 13.6 Å². The van der Waals surface area contributed by atoms with Crippen LogP contribution in [0.1, 0.15) is 28.8 Å². The summed E-state index contributed by atoms with van der Waals surface area (Å²) in [6, 6.07) is 4.61. The van der Waals surface area contributed by atoms with E-state index >= 15 is 0 Å². The molecule has 0 radical (unpaired) electrons. The second-order valence-electron chi connectivity index (χ2n) is 7.52. The molecule has 3 aromatic rings. The fraction of sp³-hybridized carbons (Fsp3) is 0.364. The standard InChI is InChI=1S/C22H23F5N4O4/c23-16-7-13(8-17(24)20(16)35-22(25,26)27)11-28-3-1-2-5-34-6-4-29-18-9-14(21(32)33)10-19-15(18)12-30-31-19/h7-10,12,28-29H,1-6,11H2,(H,30,31)(H,32,33). The Morgan fingerprint density at radius 3 is 2.49 bits per heavy atom. The molecule has 0 aliphatic rings. The van der Waals surface area contributed by atoms with Gasteiger partial charge in [0.1, 0.15) is 0 Å². The van der Waals surface area contributed by atoms with Crippen LogP contribution in [0.4, 0.5) is 27.6 Å². The van der Waals surface area contributed by atoms with E-state index in [9.17, 15) is 31.9 Å². The third-order valence-corrected chi connectivity index (χ3v) is 4.86. The fourth-order valence-corrected chi connectivity index (χ4v) is 3.30. The van der Waals surface area contributed by atoms with Crippen molar-refractivity contribution < 1.29 is 41.3 Å². The van der Waals surface area contributed by atoms with Crippen molar-refractivity contribution in [3.8, 4) is 5.75 Å². The van der Waals surface area contributed by atoms with Gasteiger partial charge < -0.3 is 25.2 Å². The predicted octanol–water partition coefficient (Wildman–Crippen LogP) is 4.44. The van der Waals surface area contributed by atoms with Crippen molar-refractivity contribution in [2.24, 2.45) is 0 Å². The first kappa shape index (κ1) is 26.2. The van der Waals surface area contributed by atoms with Crippen LogP contribution in [0.15, 0.2) is 30.5 Å². The van der Waals surface area contributed by atoms with Crippen molar-refractivity contribution in [2.75, 3.05) is 31.6 Å². The predicted molar refractivity (Wildman–Crippen MR) is 116 cm³/mol. The monoisotopic (exact) mass is 502 g/mol. The number of benzene rings is 2. The highest BCUT2D eigenvalue weighted by Gasteiger charge is 2.34. The van der Waals surface area contributed by atoms with Crippen molar-refractivity contribution in [3.05, 3.63) is 53.2 Å². The number of alkyl halides is 3. The maximum absolute atomic E-state index is 13.7. The zero-order chi connectivity index (χ0) is 25.4. The molecule has 0 atom stereocenters. The molecular formula is C22H23F5N4O4. The number of carboxylic acids is 1. The number of hydrogen-bond donors (Lipinski definition) is 4. The molecule has 35 heavy (non-hydrogen) atoms. The summed E-state index contributed by atoms with van der Waals surface area (Å²) in [6.07, 6.45) is -2.18. The summed E-state index contributed by atoms with van der Waals surface area (Å²) in [6.45, 7) is 1.88. The average Bonchev–Trinajstić information content (AvgIpc) is 3.25. The third kappa shape index (κ3) is 7.79. The number of rotatable bonds is 13. The summed E-state index contributed by atoms with van der Waals surface area (Å²) in [5.74, 6) is -5.37. The molecule has 0 saturated heterocycles. The Morgan fingerprint density at radius 1 is 1.06 bits per heavy atom. The van der Waals surface area contributed by atoms with E-state index in [0.717, 1.165) is 17.5 Å². The number of aromatic carboxylic acids is 1. The fourth-order valence-electron chi connectivity index (χ4n) is 3.30. The van der Waals surface area contributed by atoms with Crippen LogP contribution < -0.4 is 15.4 Å². The molecule has 0 unspecified atom stereocenters. The lowest BCUT2D eigenvalue weighted by Gasteiger charge is -2.12. The zero-order valence-electron chi connectivity index (χ0n) is 18.3. The molecule has 1 aromatic heterocycles. The van der Waals surface area contributed by atoms with Crippen LogP contribution in [0.25, 0.3) is 10.9 Å². The number of ether oxygens (including phenoxy) is 2. The summed E-state index contributed by atoms with van der Waals surface area (Å²) in [5.41, 5.74) is 1.52. The van der Waals surface area contributed by atoms with Gasteiger partial charge in [-0.2, -0.15) is 5.10 Å². The molecule has 0 aliphatic carbocycles. The molecular weight excluding hydrogens is 479 g/mol. The van der Waals surface area contributed by atoms with Crippen molar-refractivity contribution in [1.29, 1.82) is 0 Å². The molecule has 0 fully saturated rings. The quantitative estimate of drug-likeness (QED) is 0.202. The number of nitrogens with zero attached hydrogens (tertiary/aromatic N) is 1. The minimum Gasteiger partial charge on any atom is -0.478 e. The molecule has 8 nitrogen and oxygen atoms in total. The Bertz CT molecular complexity index is 1130. The van der Waals surface area contributed by atoms with Crippen molar-refractivity contribution >= 4 is 22.6 Å². The highest BCUT2D eigenvalue weighted by molar-refractivity contribution is 5.99. The van der Waals surface area contributed by atoms with E-state index in [-0.39, 0.29) is 17.7 Å². The number of aromatic amines is 1. The summed E-state index contributed by atoms with van der Waals surface area (Å²) < 4.78 is 72.8. The van der Waals surface area contributed by atoms with Crippen LogP contribution in [0.2, 0.25) is 0 Å². The molecule has 1 heterocycles. The Balaban J connectivity index is 1.30. The molecule has 4 N–H and O–H groups in total. The summed E-state index contributed by atoms with van der Waals surface area (Å²) in [7, 11) is 0. The van der Waals surface area contributed by atoms with Gasteiger partial charge in [-0.1, -0.05) is 0 Å². The van der Waals surface area contributed by atoms with Gasteiger partial charge in [-0.3, -0.25) is 5.10 Å². The van der Waals surface area contributed by atoms with Crippen molar-refractivity contribution in [2.45, 2.75) is 25.7 Å². The molecule has 3 rings (SSSR count). The third-order valence-electron chi connectivity index (χ3n) is 4.86. The van der Waals surface area contributed by atoms with E-state index in [0.29, 0.717) is 50.3 Å². The number of H-pyrrole nitrogens is 1. The van der Waals surface area contributed by atoms with Gasteiger partial charge >= 0.3 is 12.3 Å². The molecule has 0 bridgehead atoms. The van der Waals surface area contributed by atoms with E-state index in [1.165, 1.54) is 12.1 Å². The Hall–Kier alpha value is -3.45. The Morgan fingerprint density at radius 2 is 1.80 bits per heavy atom. The number of hydrogen-bond acceptors (Lipinski definition) is 6. The molecule has 0 amide bonds. The van der Waals surface area contributed by atoms with E-state index < -0.39 is 29.7 Å². The first-order valence-corrected chi connectivity index (χ1v) is 10.6. The van der Waals surface area contributed by atoms with Crippen LogP contribution in [-0.4, -0.2) is 53.9 Å². The van der Waals surface area contributed by atoms with Crippen LogP contribution in [0.3, 0.4) is 0 Å². The lowest BCUT2D eigenvalue weighted by Crippen LogP contribution is -2.20. The van der Waals surface area contributed by atoms with Gasteiger partial charge in [0.15, 0.2) is 11.6 Å². The number of halogens is 5. The summed E-state index contributed by atoms with van der Waals surface area (Å²) in [5, 5.41) is 22.7. The van der Waals surface area contributed by atoms with Gasteiger partial charge in [-0.05, 0) is 49.2 Å². The molecule has 2 aromatic carbocycles. The number of nitrogens with one attached hydrogen (secondary N) is 3. The van der Waals surface area contributed by atoms with E-state index in [2.05, 4.69) is 25.6 Å². The molecule has 0 aliphatic heterocycles. The number of aromatic nitrogens is 2. The van der Waals surface area contributed by atoms with Gasteiger partial charge in [0.2, 0.25) is 5.75 Å². The topological polar surface area (TPSA) is 108 Å². The number of carboxylic acid groups (broad SMARTS) is 1. The molecule has 0 saturated carbocycles.